The zero-order valence-corrected chi connectivity index (χ0v) is 17.2. The molecule has 1 aliphatic heterocycles. The summed E-state index contributed by atoms with van der Waals surface area (Å²) in [6.07, 6.45) is 6.37. The lowest BCUT2D eigenvalue weighted by atomic mass is 9.98. The van der Waals surface area contributed by atoms with Gasteiger partial charge in [0.2, 0.25) is 5.91 Å². The first-order valence-electron chi connectivity index (χ1n) is 10.3. The number of aromatic nitrogens is 2. The van der Waals surface area contributed by atoms with Crippen LogP contribution in [0.1, 0.15) is 24.8 Å². The molecule has 8 nitrogen and oxygen atoms in total. The van der Waals surface area contributed by atoms with Crippen LogP contribution in [-0.4, -0.2) is 46.9 Å². The number of nitriles is 1. The van der Waals surface area contributed by atoms with Crippen LogP contribution in [0.2, 0.25) is 0 Å². The highest BCUT2D eigenvalue weighted by atomic mass is 19.1. The van der Waals surface area contributed by atoms with E-state index in [1.807, 2.05) is 0 Å². The molecule has 1 aromatic heterocycles. The summed E-state index contributed by atoms with van der Waals surface area (Å²) in [5.74, 6) is -0.763. The maximum atomic E-state index is 14.7. The SMILES string of the molecule is COC(=O)Cn1cc(-c2ccc(C[C@@H](C#N)NC(=O)[C@H]3N[C@H]4CC[C@H]3C4)c(F)c2)cn1. The van der Waals surface area contributed by atoms with Crippen molar-refractivity contribution < 1.29 is 18.7 Å². The Hall–Kier alpha value is -3.25. The number of piperidine rings is 1. The van der Waals surface area contributed by atoms with Crippen LogP contribution in [-0.2, 0) is 27.3 Å². The summed E-state index contributed by atoms with van der Waals surface area (Å²) >= 11 is 0. The number of fused-ring (bicyclic) bond motifs is 2. The summed E-state index contributed by atoms with van der Waals surface area (Å²) in [6, 6.07) is 6.09. The molecule has 2 bridgehead atoms. The molecule has 1 saturated heterocycles. The number of nitrogens with zero attached hydrogens (tertiary/aromatic N) is 3. The van der Waals surface area contributed by atoms with Gasteiger partial charge in [-0.1, -0.05) is 12.1 Å². The molecule has 9 heteroatoms. The lowest BCUT2D eigenvalue weighted by Gasteiger charge is -2.23. The molecule has 2 heterocycles. The molecule has 0 unspecified atom stereocenters. The molecule has 2 fully saturated rings. The van der Waals surface area contributed by atoms with Gasteiger partial charge in [0, 0.05) is 24.2 Å². The van der Waals surface area contributed by atoms with Gasteiger partial charge in [0.25, 0.3) is 0 Å². The van der Waals surface area contributed by atoms with Gasteiger partial charge in [0.15, 0.2) is 0 Å². The maximum absolute atomic E-state index is 14.7. The predicted octanol–water partition coefficient (Wildman–Crippen LogP) is 1.55. The van der Waals surface area contributed by atoms with Crippen LogP contribution in [0.3, 0.4) is 0 Å². The molecular weight excluding hydrogens is 401 g/mol. The van der Waals surface area contributed by atoms with E-state index in [1.54, 1.807) is 18.3 Å². The molecule has 0 spiro atoms. The van der Waals surface area contributed by atoms with Crippen molar-refractivity contribution in [2.45, 2.75) is 50.4 Å². The zero-order chi connectivity index (χ0) is 22.0. The first-order chi connectivity index (χ1) is 15.0. The summed E-state index contributed by atoms with van der Waals surface area (Å²) in [6.45, 7) is -0.0297. The molecule has 1 saturated carbocycles. The third-order valence-corrected chi connectivity index (χ3v) is 6.08. The standard InChI is InChI=1S/C22H24FN5O3/c1-31-20(29)12-28-11-16(10-25-28)13-2-3-14(19(23)8-13)6-18(9-24)27-22(30)21-15-4-5-17(7-15)26-21/h2-3,8,10-11,15,17-18,21,26H,4-7,12H2,1H3,(H,27,30)/t15-,17-,18-,21-/m0/s1. The van der Waals surface area contributed by atoms with E-state index in [9.17, 15) is 19.2 Å². The van der Waals surface area contributed by atoms with Crippen LogP contribution in [0, 0.1) is 23.1 Å². The number of esters is 1. The number of amides is 1. The van der Waals surface area contributed by atoms with Crippen molar-refractivity contribution >= 4 is 11.9 Å². The van der Waals surface area contributed by atoms with Crippen molar-refractivity contribution in [3.05, 3.63) is 42.0 Å². The van der Waals surface area contributed by atoms with E-state index < -0.39 is 17.8 Å². The van der Waals surface area contributed by atoms with Crippen LogP contribution >= 0.6 is 0 Å². The number of rotatable bonds is 7. The molecular formula is C22H24FN5O3. The van der Waals surface area contributed by atoms with E-state index in [0.29, 0.717) is 28.7 Å². The van der Waals surface area contributed by atoms with Crippen LogP contribution in [0.4, 0.5) is 4.39 Å². The number of halogens is 1. The molecule has 1 aliphatic carbocycles. The highest BCUT2D eigenvalue weighted by molar-refractivity contribution is 5.83. The number of nitrogens with one attached hydrogen (secondary N) is 2. The van der Waals surface area contributed by atoms with E-state index in [4.69, 9.17) is 0 Å². The highest BCUT2D eigenvalue weighted by Crippen LogP contribution is 2.35. The van der Waals surface area contributed by atoms with Gasteiger partial charge in [-0.2, -0.15) is 10.4 Å². The second-order valence-electron chi connectivity index (χ2n) is 8.12. The number of benzene rings is 1. The van der Waals surface area contributed by atoms with E-state index >= 15 is 0 Å². The van der Waals surface area contributed by atoms with Gasteiger partial charge in [0.05, 0.1) is 25.4 Å². The van der Waals surface area contributed by atoms with Gasteiger partial charge in [0.1, 0.15) is 18.4 Å². The average Bonchev–Trinajstić information content (AvgIpc) is 3.51. The fraction of sp³-hybridized carbons (Fsp3) is 0.455. The molecule has 2 aliphatic rings. The van der Waals surface area contributed by atoms with Crippen LogP contribution in [0.15, 0.2) is 30.6 Å². The predicted molar refractivity (Wildman–Crippen MR) is 109 cm³/mol. The molecule has 2 N–H and O–H groups in total. The van der Waals surface area contributed by atoms with Gasteiger partial charge >= 0.3 is 5.97 Å². The van der Waals surface area contributed by atoms with E-state index in [0.717, 1.165) is 19.3 Å². The molecule has 1 amide bonds. The van der Waals surface area contributed by atoms with Gasteiger partial charge in [-0.15, -0.1) is 0 Å². The number of hydrogen-bond acceptors (Lipinski definition) is 6. The Morgan fingerprint density at radius 3 is 2.90 bits per heavy atom. The monoisotopic (exact) mass is 425 g/mol. The van der Waals surface area contributed by atoms with E-state index in [-0.39, 0.29) is 24.9 Å². The van der Waals surface area contributed by atoms with Gasteiger partial charge in [-0.3, -0.25) is 14.3 Å². The van der Waals surface area contributed by atoms with Crippen molar-refractivity contribution in [1.29, 1.82) is 5.26 Å². The minimum absolute atomic E-state index is 0.0297. The van der Waals surface area contributed by atoms with Crippen LogP contribution in [0.5, 0.6) is 0 Å². The third kappa shape index (κ3) is 4.59. The fourth-order valence-corrected chi connectivity index (χ4v) is 4.45. The fourth-order valence-electron chi connectivity index (χ4n) is 4.45. The molecule has 0 radical (unpaired) electrons. The first kappa shape index (κ1) is 21.0. The largest absolute Gasteiger partial charge is 0.468 e. The molecule has 4 atom stereocenters. The number of carbonyl (C=O) groups is 2. The molecule has 31 heavy (non-hydrogen) atoms. The normalized spacial score (nSPS) is 22.7. The number of methoxy groups -OCH3 is 1. The van der Waals surface area contributed by atoms with E-state index in [1.165, 1.54) is 24.1 Å². The Balaban J connectivity index is 1.40. The van der Waals surface area contributed by atoms with Gasteiger partial charge in [-0.25, -0.2) is 4.39 Å². The Kier molecular flexibility index (Phi) is 6.00. The van der Waals surface area contributed by atoms with Crippen molar-refractivity contribution in [3.8, 4) is 17.2 Å². The summed E-state index contributed by atoms with van der Waals surface area (Å²) in [4.78, 5) is 23.9. The Morgan fingerprint density at radius 2 is 2.26 bits per heavy atom. The summed E-state index contributed by atoms with van der Waals surface area (Å²) in [7, 11) is 1.30. The summed E-state index contributed by atoms with van der Waals surface area (Å²) in [5, 5.41) is 19.6. The highest BCUT2D eigenvalue weighted by Gasteiger charge is 2.43. The molecule has 2 aromatic rings. The topological polar surface area (TPSA) is 109 Å². The summed E-state index contributed by atoms with van der Waals surface area (Å²) < 4.78 is 20.7. The smallest absolute Gasteiger partial charge is 0.327 e. The number of ether oxygens (including phenoxy) is 1. The minimum Gasteiger partial charge on any atom is -0.468 e. The Labute approximate surface area is 179 Å². The number of hydrogen-bond donors (Lipinski definition) is 2. The quantitative estimate of drug-likeness (QED) is 0.652. The van der Waals surface area contributed by atoms with Gasteiger partial charge < -0.3 is 15.4 Å². The number of carbonyl (C=O) groups excluding carboxylic acids is 2. The average molecular weight is 425 g/mol. The van der Waals surface area contributed by atoms with E-state index in [2.05, 4.69) is 26.5 Å². The lowest BCUT2D eigenvalue weighted by Crippen LogP contribution is -2.50. The van der Waals surface area contributed by atoms with Crippen molar-refractivity contribution in [3.63, 3.8) is 0 Å². The second kappa shape index (κ2) is 8.86. The minimum atomic E-state index is -0.809. The zero-order valence-electron chi connectivity index (χ0n) is 17.2. The van der Waals surface area contributed by atoms with Gasteiger partial charge in [-0.05, 0) is 42.4 Å². The van der Waals surface area contributed by atoms with Crippen molar-refractivity contribution in [2.75, 3.05) is 7.11 Å². The Bertz CT molecular complexity index is 1030. The van der Waals surface area contributed by atoms with Crippen molar-refractivity contribution in [2.24, 2.45) is 5.92 Å². The third-order valence-electron chi connectivity index (χ3n) is 6.08. The maximum Gasteiger partial charge on any atom is 0.327 e. The molecule has 1 aromatic carbocycles. The van der Waals surface area contributed by atoms with Crippen molar-refractivity contribution in [1.82, 2.24) is 20.4 Å². The van der Waals surface area contributed by atoms with Crippen LogP contribution < -0.4 is 10.6 Å². The molecule has 162 valence electrons. The van der Waals surface area contributed by atoms with Crippen LogP contribution in [0.25, 0.3) is 11.1 Å². The molecule has 4 rings (SSSR count). The lowest BCUT2D eigenvalue weighted by molar-refractivity contribution is -0.141. The first-order valence-corrected chi connectivity index (χ1v) is 10.3. The summed E-state index contributed by atoms with van der Waals surface area (Å²) in [5.41, 5.74) is 1.60. The second-order valence-corrected chi connectivity index (χ2v) is 8.12. The Morgan fingerprint density at radius 1 is 1.42 bits per heavy atom.